The highest BCUT2D eigenvalue weighted by molar-refractivity contribution is 7.92. The second kappa shape index (κ2) is 13.1. The van der Waals surface area contributed by atoms with Crippen molar-refractivity contribution in [3.8, 4) is 11.3 Å². The van der Waals surface area contributed by atoms with Gasteiger partial charge in [-0.05, 0) is 79.0 Å². The number of benzene rings is 3. The second-order valence-corrected chi connectivity index (χ2v) is 18.6. The molecule has 264 valence electrons. The molecule has 6 rings (SSSR count). The molecular weight excluding hydrogens is 680 g/mol. The van der Waals surface area contributed by atoms with E-state index < -0.39 is 53.1 Å². The maximum atomic E-state index is 15.8. The van der Waals surface area contributed by atoms with Crippen LogP contribution in [0.1, 0.15) is 69.5 Å². The number of aromatic nitrogens is 2. The Morgan fingerprint density at radius 3 is 2.56 bits per heavy atom. The van der Waals surface area contributed by atoms with Crippen molar-refractivity contribution < 1.29 is 35.5 Å². The van der Waals surface area contributed by atoms with Crippen LogP contribution in [-0.2, 0) is 42.7 Å². The van der Waals surface area contributed by atoms with Crippen molar-refractivity contribution >= 4 is 36.5 Å². The summed E-state index contributed by atoms with van der Waals surface area (Å²) in [4.78, 5) is 18.7. The van der Waals surface area contributed by atoms with Gasteiger partial charge in [-0.1, -0.05) is 63.6 Å². The van der Waals surface area contributed by atoms with Gasteiger partial charge in [-0.2, -0.15) is 0 Å². The third kappa shape index (κ3) is 7.00. The zero-order chi connectivity index (χ0) is 36.1. The smallest absolute Gasteiger partial charge is 0.306 e. The number of oxazole rings is 1. The van der Waals surface area contributed by atoms with E-state index in [-0.39, 0.29) is 28.4 Å². The molecule has 9 nitrogen and oxygen atoms in total. The number of nitrogens with zero attached hydrogens (tertiary/aromatic N) is 1. The van der Waals surface area contributed by atoms with E-state index in [1.54, 1.807) is 31.3 Å². The molecule has 0 saturated heterocycles. The highest BCUT2D eigenvalue weighted by atomic mass is 32.2. The van der Waals surface area contributed by atoms with Crippen LogP contribution < -0.4 is 0 Å². The van der Waals surface area contributed by atoms with Crippen LogP contribution in [0, 0.1) is 17.2 Å². The molecule has 12 heteroatoms. The number of sulfone groups is 2. The molecule has 3 heterocycles. The minimum Gasteiger partial charge on any atom is -0.481 e. The van der Waals surface area contributed by atoms with Gasteiger partial charge in [0.2, 0.25) is 15.7 Å². The molecule has 0 radical (unpaired) electrons. The van der Waals surface area contributed by atoms with Crippen molar-refractivity contribution in [3.05, 3.63) is 102 Å². The van der Waals surface area contributed by atoms with Crippen LogP contribution in [0.25, 0.3) is 22.2 Å². The zero-order valence-corrected chi connectivity index (χ0v) is 30.1. The lowest BCUT2D eigenvalue weighted by molar-refractivity contribution is -0.141. The van der Waals surface area contributed by atoms with Crippen molar-refractivity contribution in [1.82, 2.24) is 9.97 Å². The molecule has 2 atom stereocenters. The van der Waals surface area contributed by atoms with E-state index in [2.05, 4.69) is 4.98 Å². The number of aryl methyl sites for hydroxylation is 1. The first-order valence-electron chi connectivity index (χ1n) is 16.6. The minimum absolute atomic E-state index is 0.119. The fourth-order valence-corrected chi connectivity index (χ4v) is 10.8. The Morgan fingerprint density at radius 1 is 1.04 bits per heavy atom. The van der Waals surface area contributed by atoms with Crippen LogP contribution in [0.4, 0.5) is 4.39 Å². The molecule has 0 unspecified atom stereocenters. The number of aromatic amines is 1. The predicted molar refractivity (Wildman–Crippen MR) is 189 cm³/mol. The maximum Gasteiger partial charge on any atom is 0.306 e. The average molecular weight is 721 g/mol. The van der Waals surface area contributed by atoms with Gasteiger partial charge >= 0.3 is 5.97 Å². The molecule has 50 heavy (non-hydrogen) atoms. The SMILES string of the molecule is C[C@@H](Cc1cccc([C@@]2(C)CCCC(C)(C)CS(=O)(=O)CCc3c(c(F)cc4[nH]ccc34)S(=O)(=O)c3cccc(c3)-c3coc2n3)c1)C(=O)O. The number of aliphatic carboxylic acids is 1. The molecule has 3 aromatic carbocycles. The fourth-order valence-electron chi connectivity index (χ4n) is 7.14. The van der Waals surface area contributed by atoms with Crippen LogP contribution in [0.2, 0.25) is 0 Å². The normalized spacial score (nSPS) is 21.1. The van der Waals surface area contributed by atoms with Crippen LogP contribution in [0.3, 0.4) is 0 Å². The molecule has 0 spiro atoms. The molecule has 0 aliphatic carbocycles. The van der Waals surface area contributed by atoms with Crippen LogP contribution in [0.15, 0.2) is 87.3 Å². The standard InChI is InChI=1S/C38H41FN2O7S2/c1-24(35(42)43)18-25-8-5-10-27(19-25)38(4)15-7-14-37(2,3)23-49(44,45)17-13-30-29-12-16-40-32(29)21-31(39)34(30)50(46,47)28-11-6-9-26(20-28)33-22-48-36(38)41-33/h5-6,8-12,16,19-22,24,40H,7,13-15,17-18,23H2,1-4H3,(H,42,43)/t24-,38+/m0/s1. The van der Waals surface area contributed by atoms with Gasteiger partial charge in [-0.25, -0.2) is 26.2 Å². The van der Waals surface area contributed by atoms with Crippen molar-refractivity contribution in [2.24, 2.45) is 11.3 Å². The number of carbonyl (C=O) groups is 1. The van der Waals surface area contributed by atoms with E-state index in [9.17, 15) is 26.7 Å². The molecule has 1 aliphatic rings. The number of carboxylic acid groups (broad SMARTS) is 1. The lowest BCUT2D eigenvalue weighted by Gasteiger charge is -2.30. The topological polar surface area (TPSA) is 147 Å². The largest absolute Gasteiger partial charge is 0.481 e. The summed E-state index contributed by atoms with van der Waals surface area (Å²) in [5, 5.41) is 9.96. The molecule has 5 aromatic rings. The van der Waals surface area contributed by atoms with Crippen molar-refractivity contribution in [2.45, 2.75) is 75.0 Å². The minimum atomic E-state index is -4.47. The van der Waals surface area contributed by atoms with Gasteiger partial charge in [0, 0.05) is 22.7 Å². The number of nitrogens with one attached hydrogen (secondary N) is 1. The van der Waals surface area contributed by atoms with Crippen molar-refractivity contribution in [1.29, 1.82) is 0 Å². The summed E-state index contributed by atoms with van der Waals surface area (Å²) < 4.78 is 77.8. The summed E-state index contributed by atoms with van der Waals surface area (Å²) in [6.07, 6.45) is 4.91. The van der Waals surface area contributed by atoms with Crippen LogP contribution >= 0.6 is 0 Å². The Kier molecular flexibility index (Phi) is 9.32. The summed E-state index contributed by atoms with van der Waals surface area (Å²) >= 11 is 0. The van der Waals surface area contributed by atoms with E-state index in [1.165, 1.54) is 18.4 Å². The van der Waals surface area contributed by atoms with Gasteiger partial charge in [0.25, 0.3) is 0 Å². The van der Waals surface area contributed by atoms with Gasteiger partial charge in [-0.3, -0.25) is 4.79 Å². The van der Waals surface area contributed by atoms with Crippen LogP contribution in [-0.4, -0.2) is 49.4 Å². The Bertz CT molecular complexity index is 2310. The predicted octanol–water partition coefficient (Wildman–Crippen LogP) is 7.53. The zero-order valence-electron chi connectivity index (χ0n) is 28.5. The molecule has 2 N–H and O–H groups in total. The molecule has 0 saturated carbocycles. The van der Waals surface area contributed by atoms with Gasteiger partial charge in [0.1, 0.15) is 22.7 Å². The Labute approximate surface area is 291 Å². The number of carboxylic acids is 1. The van der Waals surface area contributed by atoms with Crippen LogP contribution in [0.5, 0.6) is 0 Å². The molecular formula is C38H41FN2O7S2. The van der Waals surface area contributed by atoms with Gasteiger partial charge < -0.3 is 14.5 Å². The summed E-state index contributed by atoms with van der Waals surface area (Å²) in [6.45, 7) is 7.44. The van der Waals surface area contributed by atoms with E-state index in [4.69, 9.17) is 9.40 Å². The van der Waals surface area contributed by atoms with Gasteiger partial charge in [-0.15, -0.1) is 0 Å². The van der Waals surface area contributed by atoms with Crippen molar-refractivity contribution in [3.63, 3.8) is 0 Å². The highest BCUT2D eigenvalue weighted by Crippen LogP contribution is 2.41. The lowest BCUT2D eigenvalue weighted by atomic mass is 9.75. The first kappa shape index (κ1) is 35.5. The Balaban J connectivity index is 1.51. The second-order valence-electron chi connectivity index (χ2n) is 14.5. The maximum absolute atomic E-state index is 15.8. The van der Waals surface area contributed by atoms with E-state index in [0.717, 1.165) is 17.2 Å². The van der Waals surface area contributed by atoms with Gasteiger partial charge in [0.15, 0.2) is 9.84 Å². The molecule has 4 bridgehead atoms. The Morgan fingerprint density at radius 2 is 1.80 bits per heavy atom. The van der Waals surface area contributed by atoms with Gasteiger partial charge in [0.05, 0.1) is 27.7 Å². The Hall–Kier alpha value is -4.29. The average Bonchev–Trinajstić information content (AvgIpc) is 3.73. The first-order valence-corrected chi connectivity index (χ1v) is 19.9. The summed E-state index contributed by atoms with van der Waals surface area (Å²) in [5.41, 5.74) is 1.62. The molecule has 0 amide bonds. The number of halogens is 1. The van der Waals surface area contributed by atoms with E-state index in [1.807, 2.05) is 45.0 Å². The number of fused-ring (bicyclic) bond motifs is 8. The number of hydrogen-bond acceptors (Lipinski definition) is 7. The molecule has 2 aromatic heterocycles. The first-order chi connectivity index (χ1) is 23.5. The number of hydrogen-bond donors (Lipinski definition) is 2. The fraction of sp³-hybridized carbons (Fsp3) is 0.368. The molecule has 1 aliphatic heterocycles. The summed E-state index contributed by atoms with van der Waals surface area (Å²) in [5.74, 6) is -2.55. The monoisotopic (exact) mass is 720 g/mol. The van der Waals surface area contributed by atoms with Crippen molar-refractivity contribution in [2.75, 3.05) is 11.5 Å². The quantitative estimate of drug-likeness (QED) is 0.194. The number of H-pyrrole nitrogens is 1. The molecule has 0 fully saturated rings. The lowest BCUT2D eigenvalue weighted by Crippen LogP contribution is -2.29. The highest BCUT2D eigenvalue weighted by Gasteiger charge is 2.37. The summed E-state index contributed by atoms with van der Waals surface area (Å²) in [7, 11) is -8.18. The third-order valence-corrected chi connectivity index (χ3v) is 13.8. The number of rotatable bonds is 4. The summed E-state index contributed by atoms with van der Waals surface area (Å²) in [6, 6.07) is 16.5. The third-order valence-electron chi connectivity index (χ3n) is 9.88. The van der Waals surface area contributed by atoms with E-state index in [0.29, 0.717) is 53.7 Å². The van der Waals surface area contributed by atoms with E-state index >= 15 is 4.39 Å².